The van der Waals surface area contributed by atoms with Gasteiger partial charge in [-0.15, -0.1) is 0 Å². The van der Waals surface area contributed by atoms with E-state index in [1.807, 2.05) is 25.7 Å². The van der Waals surface area contributed by atoms with Gasteiger partial charge in [0.1, 0.15) is 0 Å². The Morgan fingerprint density at radius 1 is 1.10 bits per heavy atom. The van der Waals surface area contributed by atoms with Gasteiger partial charge in [-0.2, -0.15) is 0 Å². The summed E-state index contributed by atoms with van der Waals surface area (Å²) in [6, 6.07) is -0.0767. The standard InChI is InChI=1S/C22H35N5O2/c1-5-26(6-2)22(29)18-15-23-20(24-16(18)3)19-9-7-8-12-27(19)21(28)17-10-13-25(4)14-11-17/h15,17,19H,5-14H2,1-4H3. The Balaban J connectivity index is 1.79. The Hall–Kier alpha value is -2.02. The SMILES string of the molecule is CCN(CC)C(=O)c1cnc(C2CCCCN2C(=O)C2CCN(C)CC2)nc1C. The van der Waals surface area contributed by atoms with Gasteiger partial charge in [0.15, 0.2) is 5.82 Å². The molecule has 3 rings (SSSR count). The Morgan fingerprint density at radius 3 is 2.41 bits per heavy atom. The Labute approximate surface area is 174 Å². The summed E-state index contributed by atoms with van der Waals surface area (Å²) < 4.78 is 0. The first-order valence-corrected chi connectivity index (χ1v) is 11.1. The lowest BCUT2D eigenvalue weighted by atomic mass is 9.92. The predicted molar refractivity (Wildman–Crippen MR) is 113 cm³/mol. The average Bonchev–Trinajstić information content (AvgIpc) is 2.74. The topological polar surface area (TPSA) is 69.6 Å². The predicted octanol–water partition coefficient (Wildman–Crippen LogP) is 2.66. The lowest BCUT2D eigenvalue weighted by molar-refractivity contribution is -0.141. The molecule has 2 aliphatic heterocycles. The molecule has 7 heteroatoms. The molecule has 1 unspecified atom stereocenters. The highest BCUT2D eigenvalue weighted by atomic mass is 16.2. The second-order valence-electron chi connectivity index (χ2n) is 8.33. The first-order chi connectivity index (χ1) is 14.0. The molecule has 3 heterocycles. The number of piperidine rings is 2. The molecule has 1 atom stereocenters. The molecular weight excluding hydrogens is 366 g/mol. The number of nitrogens with zero attached hydrogens (tertiary/aromatic N) is 5. The van der Waals surface area contributed by atoms with Crippen LogP contribution in [0.25, 0.3) is 0 Å². The molecule has 160 valence electrons. The van der Waals surface area contributed by atoms with Crippen LogP contribution in [-0.4, -0.2) is 76.3 Å². The zero-order valence-electron chi connectivity index (χ0n) is 18.4. The maximum atomic E-state index is 13.3. The van der Waals surface area contributed by atoms with E-state index in [-0.39, 0.29) is 23.8 Å². The Morgan fingerprint density at radius 2 is 1.79 bits per heavy atom. The van der Waals surface area contributed by atoms with Gasteiger partial charge in [-0.25, -0.2) is 9.97 Å². The van der Waals surface area contributed by atoms with Crippen molar-refractivity contribution in [1.82, 2.24) is 24.7 Å². The second-order valence-corrected chi connectivity index (χ2v) is 8.33. The van der Waals surface area contributed by atoms with Crippen LogP contribution in [0, 0.1) is 12.8 Å². The summed E-state index contributed by atoms with van der Waals surface area (Å²) in [5.74, 6) is 1.02. The number of likely N-dealkylation sites (tertiary alicyclic amines) is 2. The summed E-state index contributed by atoms with van der Waals surface area (Å²) in [7, 11) is 2.11. The highest BCUT2D eigenvalue weighted by Gasteiger charge is 2.35. The van der Waals surface area contributed by atoms with E-state index >= 15 is 0 Å². The van der Waals surface area contributed by atoms with Crippen molar-refractivity contribution in [3.05, 3.63) is 23.3 Å². The first-order valence-electron chi connectivity index (χ1n) is 11.1. The van der Waals surface area contributed by atoms with Crippen LogP contribution in [0.4, 0.5) is 0 Å². The third-order valence-corrected chi connectivity index (χ3v) is 6.43. The van der Waals surface area contributed by atoms with Crippen molar-refractivity contribution in [2.75, 3.05) is 39.8 Å². The molecular formula is C22H35N5O2. The number of hydrogen-bond acceptors (Lipinski definition) is 5. The highest BCUT2D eigenvalue weighted by Crippen LogP contribution is 2.32. The molecule has 0 aliphatic carbocycles. The van der Waals surface area contributed by atoms with Crippen molar-refractivity contribution >= 4 is 11.8 Å². The van der Waals surface area contributed by atoms with Crippen molar-refractivity contribution in [1.29, 1.82) is 0 Å². The molecule has 0 bridgehead atoms. The number of carbonyl (C=O) groups is 2. The number of aryl methyl sites for hydroxylation is 1. The molecule has 0 N–H and O–H groups in total. The van der Waals surface area contributed by atoms with Crippen molar-refractivity contribution < 1.29 is 9.59 Å². The fourth-order valence-electron chi connectivity index (χ4n) is 4.49. The van der Waals surface area contributed by atoms with Gasteiger partial charge in [-0.3, -0.25) is 9.59 Å². The first kappa shape index (κ1) is 21.7. The zero-order valence-corrected chi connectivity index (χ0v) is 18.4. The van der Waals surface area contributed by atoms with E-state index in [2.05, 4.69) is 16.9 Å². The van der Waals surface area contributed by atoms with E-state index in [1.165, 1.54) is 0 Å². The number of hydrogen-bond donors (Lipinski definition) is 0. The van der Waals surface area contributed by atoms with Gasteiger partial charge in [0.05, 0.1) is 17.3 Å². The molecule has 0 spiro atoms. The van der Waals surface area contributed by atoms with Crippen molar-refractivity contribution in [2.24, 2.45) is 5.92 Å². The van der Waals surface area contributed by atoms with Crippen molar-refractivity contribution in [3.8, 4) is 0 Å². The number of amides is 2. The maximum Gasteiger partial charge on any atom is 0.257 e. The molecule has 7 nitrogen and oxygen atoms in total. The fraction of sp³-hybridized carbons (Fsp3) is 0.727. The largest absolute Gasteiger partial charge is 0.339 e. The van der Waals surface area contributed by atoms with Crippen LogP contribution in [0.2, 0.25) is 0 Å². The van der Waals surface area contributed by atoms with E-state index in [9.17, 15) is 9.59 Å². The van der Waals surface area contributed by atoms with Gasteiger partial charge in [-0.1, -0.05) is 0 Å². The number of aromatic nitrogens is 2. The molecule has 0 saturated carbocycles. The van der Waals surface area contributed by atoms with Crippen LogP contribution in [0.5, 0.6) is 0 Å². The van der Waals surface area contributed by atoms with Crippen LogP contribution in [0.15, 0.2) is 6.20 Å². The maximum absolute atomic E-state index is 13.3. The monoisotopic (exact) mass is 401 g/mol. The molecule has 0 aromatic carbocycles. The molecule has 0 radical (unpaired) electrons. The van der Waals surface area contributed by atoms with Gasteiger partial charge in [0.25, 0.3) is 5.91 Å². The molecule has 2 amide bonds. The van der Waals surface area contributed by atoms with E-state index in [0.717, 1.165) is 51.7 Å². The van der Waals surface area contributed by atoms with Gasteiger partial charge in [-0.05, 0) is 73.0 Å². The fourth-order valence-corrected chi connectivity index (χ4v) is 4.49. The minimum absolute atomic E-state index is 0.0260. The quantitative estimate of drug-likeness (QED) is 0.759. The summed E-state index contributed by atoms with van der Waals surface area (Å²) in [5.41, 5.74) is 1.26. The Kier molecular flexibility index (Phi) is 7.22. The summed E-state index contributed by atoms with van der Waals surface area (Å²) in [6.45, 7) is 9.88. The lowest BCUT2D eigenvalue weighted by Gasteiger charge is -2.39. The minimum atomic E-state index is -0.0767. The van der Waals surface area contributed by atoms with Gasteiger partial charge >= 0.3 is 0 Å². The number of carbonyl (C=O) groups excluding carboxylic acids is 2. The third-order valence-electron chi connectivity index (χ3n) is 6.43. The van der Waals surface area contributed by atoms with Gasteiger partial charge in [0.2, 0.25) is 5.91 Å². The highest BCUT2D eigenvalue weighted by molar-refractivity contribution is 5.94. The van der Waals surface area contributed by atoms with E-state index < -0.39 is 0 Å². The molecule has 1 aromatic rings. The van der Waals surface area contributed by atoms with Crippen LogP contribution in [-0.2, 0) is 4.79 Å². The molecule has 2 fully saturated rings. The van der Waals surface area contributed by atoms with E-state index in [4.69, 9.17) is 4.98 Å². The third kappa shape index (κ3) is 4.77. The van der Waals surface area contributed by atoms with E-state index in [1.54, 1.807) is 11.1 Å². The zero-order chi connectivity index (χ0) is 21.0. The second kappa shape index (κ2) is 9.65. The van der Waals surface area contributed by atoms with E-state index in [0.29, 0.717) is 30.2 Å². The smallest absolute Gasteiger partial charge is 0.257 e. The van der Waals surface area contributed by atoms with Gasteiger partial charge < -0.3 is 14.7 Å². The van der Waals surface area contributed by atoms with Crippen LogP contribution < -0.4 is 0 Å². The molecule has 29 heavy (non-hydrogen) atoms. The van der Waals surface area contributed by atoms with Gasteiger partial charge in [0, 0.05) is 31.7 Å². The minimum Gasteiger partial charge on any atom is -0.339 e. The van der Waals surface area contributed by atoms with Crippen LogP contribution in [0.3, 0.4) is 0 Å². The molecule has 1 aromatic heterocycles. The lowest BCUT2D eigenvalue weighted by Crippen LogP contribution is -2.45. The molecule has 2 saturated heterocycles. The summed E-state index contributed by atoms with van der Waals surface area (Å²) in [4.78, 5) is 41.3. The van der Waals surface area contributed by atoms with Crippen molar-refractivity contribution in [3.63, 3.8) is 0 Å². The van der Waals surface area contributed by atoms with Crippen LogP contribution in [0.1, 0.15) is 73.9 Å². The van der Waals surface area contributed by atoms with Crippen molar-refractivity contribution in [2.45, 2.75) is 58.9 Å². The molecule has 2 aliphatic rings. The normalized spacial score (nSPS) is 21.2. The summed E-state index contributed by atoms with van der Waals surface area (Å²) >= 11 is 0. The average molecular weight is 402 g/mol. The number of rotatable bonds is 5. The summed E-state index contributed by atoms with van der Waals surface area (Å²) in [5, 5.41) is 0. The Bertz CT molecular complexity index is 726. The van der Waals surface area contributed by atoms with Crippen LogP contribution >= 0.6 is 0 Å². The summed E-state index contributed by atoms with van der Waals surface area (Å²) in [6.07, 6.45) is 6.51.